The summed E-state index contributed by atoms with van der Waals surface area (Å²) in [6.45, 7) is 7.62. The van der Waals surface area contributed by atoms with Gasteiger partial charge in [-0.2, -0.15) is 0 Å². The maximum Gasteiger partial charge on any atom is 0.335 e. The lowest BCUT2D eigenvalue weighted by Gasteiger charge is -2.39. The number of aryl methyl sites for hydroxylation is 1. The number of anilines is 1. The quantitative estimate of drug-likeness (QED) is 0.234. The maximum atomic E-state index is 12.2. The van der Waals surface area contributed by atoms with E-state index in [-0.39, 0.29) is 11.1 Å². The smallest absolute Gasteiger partial charge is 0.335 e. The summed E-state index contributed by atoms with van der Waals surface area (Å²) < 4.78 is 0. The number of pyridine rings is 1. The van der Waals surface area contributed by atoms with Crippen LogP contribution >= 0.6 is 0 Å². The second-order valence-corrected chi connectivity index (χ2v) is 9.38. The molecule has 0 bridgehead atoms. The second kappa shape index (κ2) is 9.02. The van der Waals surface area contributed by atoms with Gasteiger partial charge in [-0.3, -0.25) is 9.98 Å². The third-order valence-electron chi connectivity index (χ3n) is 6.86. The van der Waals surface area contributed by atoms with Crippen LogP contribution in [0, 0.1) is 6.92 Å². The van der Waals surface area contributed by atoms with E-state index in [2.05, 4.69) is 22.0 Å². The van der Waals surface area contributed by atoms with Gasteiger partial charge in [-0.15, -0.1) is 0 Å². The lowest BCUT2D eigenvalue weighted by Crippen LogP contribution is -2.47. The fourth-order valence-corrected chi connectivity index (χ4v) is 5.13. The molecule has 5 rings (SSSR count). The molecule has 184 valence electrons. The summed E-state index contributed by atoms with van der Waals surface area (Å²) in [5.41, 5.74) is 2.72. The molecule has 1 aliphatic rings. The van der Waals surface area contributed by atoms with E-state index in [1.54, 1.807) is 24.4 Å². The number of fused-ring (bicyclic) bond motifs is 3. The van der Waals surface area contributed by atoms with Crippen LogP contribution in [0.25, 0.3) is 27.2 Å². The summed E-state index contributed by atoms with van der Waals surface area (Å²) in [4.78, 5) is 33.3. The van der Waals surface area contributed by atoms with E-state index in [1.165, 1.54) is 6.07 Å². The van der Waals surface area contributed by atoms with Crippen LogP contribution in [-0.4, -0.2) is 45.4 Å². The Kier molecular flexibility index (Phi) is 5.84. The SMILES string of the molecule is C=NC1C(c2ccccc2C)=CC(C(=O)O)=CC1(C)Nc1cc(C(=O)O)cc2c1ncc1ccccc12. The van der Waals surface area contributed by atoms with Gasteiger partial charge in [0.25, 0.3) is 0 Å². The predicted octanol–water partition coefficient (Wildman–Crippen LogP) is 5.74. The first-order valence-electron chi connectivity index (χ1n) is 11.7. The van der Waals surface area contributed by atoms with Gasteiger partial charge in [-0.1, -0.05) is 48.5 Å². The largest absolute Gasteiger partial charge is 0.478 e. The molecule has 0 saturated heterocycles. The van der Waals surface area contributed by atoms with Crippen LogP contribution in [0.2, 0.25) is 0 Å². The molecule has 2 atom stereocenters. The average molecular weight is 492 g/mol. The van der Waals surface area contributed by atoms with Crippen molar-refractivity contribution in [3.8, 4) is 0 Å². The first kappa shape index (κ1) is 23.9. The topological polar surface area (TPSA) is 112 Å². The van der Waals surface area contributed by atoms with Gasteiger partial charge in [0.1, 0.15) is 6.04 Å². The van der Waals surface area contributed by atoms with Crippen molar-refractivity contribution in [2.45, 2.75) is 25.4 Å². The fraction of sp³-hybridized carbons (Fsp3) is 0.133. The van der Waals surface area contributed by atoms with Crippen molar-refractivity contribution in [2.75, 3.05) is 5.32 Å². The molecule has 1 aromatic heterocycles. The molecule has 3 aromatic carbocycles. The number of hydrogen-bond donors (Lipinski definition) is 3. The monoisotopic (exact) mass is 491 g/mol. The number of carboxylic acids is 2. The van der Waals surface area contributed by atoms with E-state index >= 15 is 0 Å². The Morgan fingerprint density at radius 3 is 2.46 bits per heavy atom. The molecule has 0 amide bonds. The third kappa shape index (κ3) is 4.14. The van der Waals surface area contributed by atoms with Crippen molar-refractivity contribution in [3.05, 3.63) is 101 Å². The molecule has 0 aliphatic heterocycles. The zero-order valence-electron chi connectivity index (χ0n) is 20.4. The second-order valence-electron chi connectivity index (χ2n) is 9.38. The molecule has 4 aromatic rings. The minimum Gasteiger partial charge on any atom is -0.478 e. The van der Waals surface area contributed by atoms with Gasteiger partial charge in [0, 0.05) is 17.0 Å². The fourth-order valence-electron chi connectivity index (χ4n) is 5.13. The first-order chi connectivity index (χ1) is 17.7. The summed E-state index contributed by atoms with van der Waals surface area (Å²) in [6, 6.07) is 17.9. The highest BCUT2D eigenvalue weighted by Gasteiger charge is 2.40. The number of aliphatic carboxylic acids is 1. The van der Waals surface area contributed by atoms with Gasteiger partial charge in [0.05, 0.1) is 27.9 Å². The Labute approximate surface area is 213 Å². The molecule has 2 unspecified atom stereocenters. The van der Waals surface area contributed by atoms with Crippen LogP contribution in [0.5, 0.6) is 0 Å². The van der Waals surface area contributed by atoms with E-state index in [0.29, 0.717) is 22.2 Å². The zero-order valence-corrected chi connectivity index (χ0v) is 20.4. The van der Waals surface area contributed by atoms with Crippen LogP contribution in [-0.2, 0) is 4.79 Å². The van der Waals surface area contributed by atoms with Crippen molar-refractivity contribution in [2.24, 2.45) is 4.99 Å². The van der Waals surface area contributed by atoms with E-state index in [0.717, 1.165) is 21.9 Å². The van der Waals surface area contributed by atoms with Crippen molar-refractivity contribution in [1.29, 1.82) is 0 Å². The Bertz CT molecular complexity index is 1670. The number of nitrogens with zero attached hydrogens (tertiary/aromatic N) is 2. The minimum atomic E-state index is -1.08. The molecular weight excluding hydrogens is 466 g/mol. The number of aromatic nitrogens is 1. The van der Waals surface area contributed by atoms with Gasteiger partial charge < -0.3 is 15.5 Å². The lowest BCUT2D eigenvalue weighted by molar-refractivity contribution is -0.132. The van der Waals surface area contributed by atoms with Gasteiger partial charge in [0.2, 0.25) is 0 Å². The molecule has 3 N–H and O–H groups in total. The molecule has 0 fully saturated rings. The standard InChI is InChI=1S/C30H25N3O4/c1-17-8-4-6-10-21(17)24-13-20(29(36)37)15-30(2,27(24)31-3)33-25-14-19(28(34)35)12-23-22-11-7-5-9-18(22)16-32-26(23)25/h4-16,27,33H,3H2,1-2H3,(H,34,35)(H,36,37). The summed E-state index contributed by atoms with van der Waals surface area (Å²) in [6.07, 6.45) is 4.98. The maximum absolute atomic E-state index is 12.2. The number of nitrogens with one attached hydrogen (secondary N) is 1. The number of benzene rings is 3. The molecular formula is C30H25N3O4. The van der Waals surface area contributed by atoms with Crippen molar-refractivity contribution < 1.29 is 19.8 Å². The minimum absolute atomic E-state index is 0.0905. The number of hydrogen-bond acceptors (Lipinski definition) is 5. The van der Waals surface area contributed by atoms with Crippen LogP contribution in [0.4, 0.5) is 5.69 Å². The molecule has 0 radical (unpaired) electrons. The van der Waals surface area contributed by atoms with Crippen LogP contribution in [0.1, 0.15) is 28.4 Å². The number of aromatic carboxylic acids is 1. The van der Waals surface area contributed by atoms with Gasteiger partial charge >= 0.3 is 11.9 Å². The van der Waals surface area contributed by atoms with E-state index < -0.39 is 23.5 Å². The van der Waals surface area contributed by atoms with E-state index in [1.807, 2.05) is 62.4 Å². The van der Waals surface area contributed by atoms with Gasteiger partial charge in [-0.25, -0.2) is 9.59 Å². The first-order valence-corrected chi connectivity index (χ1v) is 11.7. The van der Waals surface area contributed by atoms with Crippen molar-refractivity contribution in [3.63, 3.8) is 0 Å². The van der Waals surface area contributed by atoms with Crippen LogP contribution < -0.4 is 5.32 Å². The predicted molar refractivity (Wildman–Crippen MR) is 146 cm³/mol. The molecule has 0 spiro atoms. The Hall–Kier alpha value is -4.78. The Balaban J connectivity index is 1.73. The molecule has 7 nitrogen and oxygen atoms in total. The summed E-state index contributed by atoms with van der Waals surface area (Å²) in [5.74, 6) is -2.15. The molecule has 1 aliphatic carbocycles. The van der Waals surface area contributed by atoms with Crippen LogP contribution in [0.15, 0.2) is 89.6 Å². The summed E-state index contributed by atoms with van der Waals surface area (Å²) in [7, 11) is 0. The molecule has 7 heteroatoms. The van der Waals surface area contributed by atoms with Gasteiger partial charge in [-0.05, 0) is 66.9 Å². The summed E-state index contributed by atoms with van der Waals surface area (Å²) in [5, 5.41) is 25.7. The van der Waals surface area contributed by atoms with Crippen molar-refractivity contribution >= 4 is 51.6 Å². The van der Waals surface area contributed by atoms with E-state index in [9.17, 15) is 19.8 Å². The average Bonchev–Trinajstić information content (AvgIpc) is 2.88. The van der Waals surface area contributed by atoms with Crippen molar-refractivity contribution in [1.82, 2.24) is 4.98 Å². The van der Waals surface area contributed by atoms with E-state index in [4.69, 9.17) is 0 Å². The highest BCUT2D eigenvalue weighted by molar-refractivity contribution is 6.11. The highest BCUT2D eigenvalue weighted by atomic mass is 16.4. The molecule has 37 heavy (non-hydrogen) atoms. The highest BCUT2D eigenvalue weighted by Crippen LogP contribution is 2.40. The Morgan fingerprint density at radius 1 is 1.03 bits per heavy atom. The molecule has 0 saturated carbocycles. The molecule has 1 heterocycles. The number of carboxylic acid groups (broad SMARTS) is 2. The third-order valence-corrected chi connectivity index (χ3v) is 6.86. The lowest BCUT2D eigenvalue weighted by atomic mass is 9.76. The number of rotatable bonds is 6. The van der Waals surface area contributed by atoms with Crippen LogP contribution in [0.3, 0.4) is 0 Å². The number of carbonyl (C=O) groups is 2. The van der Waals surface area contributed by atoms with Gasteiger partial charge in [0.15, 0.2) is 0 Å². The zero-order chi connectivity index (χ0) is 26.3. The Morgan fingerprint density at radius 2 is 1.76 bits per heavy atom. The number of aliphatic imine (C=N–C) groups is 1. The normalized spacial score (nSPS) is 19.2. The summed E-state index contributed by atoms with van der Waals surface area (Å²) >= 11 is 0.